The van der Waals surface area contributed by atoms with Gasteiger partial charge in [-0.3, -0.25) is 9.59 Å². The summed E-state index contributed by atoms with van der Waals surface area (Å²) in [4.78, 5) is 31.4. The number of nitrogens with zero attached hydrogens (tertiary/aromatic N) is 2. The predicted octanol–water partition coefficient (Wildman–Crippen LogP) is 4.55. The van der Waals surface area contributed by atoms with E-state index in [1.54, 1.807) is 6.07 Å². The SMILES string of the molecule is CCCOc1ccccc1N1C(=O)C(c2cccs2)=C(N2CCC(C)CC2)C1=O. The molecule has 6 heteroatoms. The summed E-state index contributed by atoms with van der Waals surface area (Å²) in [5.74, 6) is 0.692. The molecule has 5 nitrogen and oxygen atoms in total. The van der Waals surface area contributed by atoms with Gasteiger partial charge < -0.3 is 9.64 Å². The molecule has 0 bridgehead atoms. The summed E-state index contributed by atoms with van der Waals surface area (Å²) in [7, 11) is 0. The Balaban J connectivity index is 1.76. The van der Waals surface area contributed by atoms with Crippen LogP contribution >= 0.6 is 11.3 Å². The van der Waals surface area contributed by atoms with E-state index in [9.17, 15) is 9.59 Å². The lowest BCUT2D eigenvalue weighted by Crippen LogP contribution is -2.38. The predicted molar refractivity (Wildman–Crippen MR) is 116 cm³/mol. The molecule has 2 aliphatic rings. The highest BCUT2D eigenvalue weighted by Gasteiger charge is 2.44. The van der Waals surface area contributed by atoms with E-state index >= 15 is 0 Å². The van der Waals surface area contributed by atoms with Crippen LogP contribution in [0.3, 0.4) is 0 Å². The Morgan fingerprint density at radius 1 is 1.07 bits per heavy atom. The lowest BCUT2D eigenvalue weighted by Gasteiger charge is -2.32. The molecule has 0 radical (unpaired) electrons. The molecule has 0 spiro atoms. The number of amides is 2. The van der Waals surface area contributed by atoms with Gasteiger partial charge in [-0.05, 0) is 48.8 Å². The van der Waals surface area contributed by atoms with E-state index in [-0.39, 0.29) is 11.8 Å². The van der Waals surface area contributed by atoms with Crippen LogP contribution < -0.4 is 9.64 Å². The molecule has 29 heavy (non-hydrogen) atoms. The lowest BCUT2D eigenvalue weighted by atomic mass is 9.98. The summed E-state index contributed by atoms with van der Waals surface area (Å²) in [6.07, 6.45) is 2.91. The van der Waals surface area contributed by atoms with Crippen LogP contribution in [-0.4, -0.2) is 36.4 Å². The van der Waals surface area contributed by atoms with Crippen LogP contribution in [-0.2, 0) is 9.59 Å². The molecule has 0 N–H and O–H groups in total. The van der Waals surface area contributed by atoms with Crippen molar-refractivity contribution >= 4 is 34.4 Å². The molecule has 0 unspecified atom stereocenters. The fourth-order valence-electron chi connectivity index (χ4n) is 3.88. The number of anilines is 1. The number of rotatable bonds is 6. The van der Waals surface area contributed by atoms with Gasteiger partial charge in [0.15, 0.2) is 0 Å². The summed E-state index contributed by atoms with van der Waals surface area (Å²) in [6, 6.07) is 11.1. The summed E-state index contributed by atoms with van der Waals surface area (Å²) in [5, 5.41) is 1.94. The number of imide groups is 1. The van der Waals surface area contributed by atoms with Gasteiger partial charge in [-0.1, -0.05) is 32.0 Å². The van der Waals surface area contributed by atoms with Gasteiger partial charge in [0.05, 0.1) is 17.9 Å². The van der Waals surface area contributed by atoms with E-state index in [1.165, 1.54) is 16.2 Å². The van der Waals surface area contributed by atoms with Crippen molar-refractivity contribution in [2.45, 2.75) is 33.1 Å². The number of thiophene rings is 1. The van der Waals surface area contributed by atoms with Gasteiger partial charge in [0.2, 0.25) is 0 Å². The maximum atomic E-state index is 13.6. The smallest absolute Gasteiger partial charge is 0.282 e. The highest BCUT2D eigenvalue weighted by molar-refractivity contribution is 7.11. The second-order valence-electron chi connectivity index (χ2n) is 7.63. The minimum absolute atomic E-state index is 0.250. The van der Waals surface area contributed by atoms with Crippen molar-refractivity contribution in [3.8, 4) is 5.75 Å². The van der Waals surface area contributed by atoms with E-state index in [4.69, 9.17) is 4.74 Å². The van der Waals surface area contributed by atoms with Gasteiger partial charge in [0.1, 0.15) is 11.4 Å². The van der Waals surface area contributed by atoms with Crippen molar-refractivity contribution in [3.63, 3.8) is 0 Å². The highest BCUT2D eigenvalue weighted by atomic mass is 32.1. The lowest BCUT2D eigenvalue weighted by molar-refractivity contribution is -0.120. The first-order valence-electron chi connectivity index (χ1n) is 10.3. The van der Waals surface area contributed by atoms with Crippen molar-refractivity contribution < 1.29 is 14.3 Å². The molecular weight excluding hydrogens is 384 g/mol. The van der Waals surface area contributed by atoms with E-state index in [0.29, 0.717) is 35.2 Å². The molecule has 1 aromatic heterocycles. The third-order valence-corrected chi connectivity index (χ3v) is 6.38. The fourth-order valence-corrected chi connectivity index (χ4v) is 4.64. The van der Waals surface area contributed by atoms with Crippen molar-refractivity contribution in [1.82, 2.24) is 4.90 Å². The molecule has 0 atom stereocenters. The maximum Gasteiger partial charge on any atom is 0.282 e. The number of benzene rings is 1. The molecule has 3 heterocycles. The quantitative estimate of drug-likeness (QED) is 0.656. The second-order valence-corrected chi connectivity index (χ2v) is 8.58. The number of carbonyl (C=O) groups excluding carboxylic acids is 2. The zero-order valence-corrected chi connectivity index (χ0v) is 17.7. The first-order chi connectivity index (χ1) is 14.1. The standard InChI is InChI=1S/C23H26N2O3S/c1-3-14-28-18-8-5-4-7-17(18)25-22(26)20(19-9-6-15-29-19)21(23(25)27)24-12-10-16(2)11-13-24/h4-9,15-16H,3,10-14H2,1-2H3. The van der Waals surface area contributed by atoms with Gasteiger partial charge in [0.25, 0.3) is 11.8 Å². The van der Waals surface area contributed by atoms with Gasteiger partial charge >= 0.3 is 0 Å². The fraction of sp³-hybridized carbons (Fsp3) is 0.391. The number of likely N-dealkylation sites (tertiary alicyclic amines) is 1. The second kappa shape index (κ2) is 8.41. The summed E-state index contributed by atoms with van der Waals surface area (Å²) in [6.45, 7) is 6.40. The van der Waals surface area contributed by atoms with Gasteiger partial charge in [-0.15, -0.1) is 11.3 Å². The van der Waals surface area contributed by atoms with Crippen LogP contribution in [0, 0.1) is 5.92 Å². The third kappa shape index (κ3) is 3.69. The maximum absolute atomic E-state index is 13.6. The van der Waals surface area contributed by atoms with E-state index in [2.05, 4.69) is 11.8 Å². The van der Waals surface area contributed by atoms with Gasteiger partial charge in [-0.25, -0.2) is 4.90 Å². The number of hydrogen-bond donors (Lipinski definition) is 0. The highest BCUT2D eigenvalue weighted by Crippen LogP contribution is 2.40. The molecule has 2 aromatic rings. The van der Waals surface area contributed by atoms with Crippen LogP contribution in [0.2, 0.25) is 0 Å². The zero-order chi connectivity index (χ0) is 20.4. The van der Waals surface area contributed by atoms with Gasteiger partial charge in [-0.2, -0.15) is 0 Å². The molecule has 4 rings (SSSR count). The molecule has 1 fully saturated rings. The monoisotopic (exact) mass is 410 g/mol. The molecule has 152 valence electrons. The topological polar surface area (TPSA) is 49.9 Å². The Labute approximate surface area is 175 Å². The average Bonchev–Trinajstić information content (AvgIpc) is 3.34. The van der Waals surface area contributed by atoms with Crippen molar-refractivity contribution in [1.29, 1.82) is 0 Å². The van der Waals surface area contributed by atoms with Crippen LogP contribution in [0.1, 0.15) is 38.0 Å². The van der Waals surface area contributed by atoms with Crippen LogP contribution in [0.5, 0.6) is 5.75 Å². The largest absolute Gasteiger partial charge is 0.491 e. The Morgan fingerprint density at radius 2 is 1.83 bits per heavy atom. The van der Waals surface area contributed by atoms with Crippen molar-refractivity contribution in [2.75, 3.05) is 24.6 Å². The van der Waals surface area contributed by atoms with E-state index in [1.807, 2.05) is 42.6 Å². The number of hydrogen-bond acceptors (Lipinski definition) is 5. The van der Waals surface area contributed by atoms with Crippen LogP contribution in [0.25, 0.3) is 5.57 Å². The van der Waals surface area contributed by atoms with Crippen molar-refractivity contribution in [3.05, 3.63) is 52.4 Å². The molecular formula is C23H26N2O3S. The summed E-state index contributed by atoms with van der Waals surface area (Å²) in [5.41, 5.74) is 1.57. The van der Waals surface area contributed by atoms with Crippen molar-refractivity contribution in [2.24, 2.45) is 5.92 Å². The van der Waals surface area contributed by atoms with Crippen LogP contribution in [0.15, 0.2) is 47.5 Å². The summed E-state index contributed by atoms with van der Waals surface area (Å²) < 4.78 is 5.84. The molecule has 1 saturated heterocycles. The number of ether oxygens (including phenoxy) is 1. The minimum atomic E-state index is -0.265. The Kier molecular flexibility index (Phi) is 5.72. The summed E-state index contributed by atoms with van der Waals surface area (Å²) >= 11 is 1.49. The first kappa shape index (κ1) is 19.7. The average molecular weight is 411 g/mol. The number of para-hydroxylation sites is 2. The zero-order valence-electron chi connectivity index (χ0n) is 16.9. The molecule has 0 saturated carbocycles. The van der Waals surface area contributed by atoms with E-state index < -0.39 is 0 Å². The molecule has 1 aromatic carbocycles. The Hall–Kier alpha value is -2.60. The first-order valence-corrected chi connectivity index (χ1v) is 11.1. The Morgan fingerprint density at radius 3 is 2.52 bits per heavy atom. The molecule has 2 amide bonds. The van der Waals surface area contributed by atoms with E-state index in [0.717, 1.165) is 37.2 Å². The molecule has 0 aliphatic carbocycles. The number of carbonyl (C=O) groups is 2. The third-order valence-electron chi connectivity index (χ3n) is 5.49. The normalized spacial score (nSPS) is 18.1. The van der Waals surface area contributed by atoms with Gasteiger partial charge in [0, 0.05) is 18.0 Å². The minimum Gasteiger partial charge on any atom is -0.491 e. The number of piperidine rings is 1. The van der Waals surface area contributed by atoms with Crippen LogP contribution in [0.4, 0.5) is 5.69 Å². The Bertz CT molecular complexity index is 927. The molecule has 2 aliphatic heterocycles.